The zero-order chi connectivity index (χ0) is 16.9. The smallest absolute Gasteiger partial charge is 0.181 e. The summed E-state index contributed by atoms with van der Waals surface area (Å²) in [4.78, 5) is 4.70. The fourth-order valence-corrected chi connectivity index (χ4v) is 2.59. The third-order valence-corrected chi connectivity index (χ3v) is 3.82. The second-order valence-electron chi connectivity index (χ2n) is 5.57. The Balaban J connectivity index is 1.69. The maximum Gasteiger partial charge on any atom is 0.181 e. The summed E-state index contributed by atoms with van der Waals surface area (Å²) in [5, 5.41) is 4.69. The summed E-state index contributed by atoms with van der Waals surface area (Å²) >= 11 is 0. The van der Waals surface area contributed by atoms with Gasteiger partial charge < -0.3 is 4.74 Å². The molecule has 0 atom stereocenters. The Bertz CT molecular complexity index is 935. The minimum Gasteiger partial charge on any atom is -0.486 e. The number of ether oxygens (including phenoxy) is 1. The largest absolute Gasteiger partial charge is 0.486 e. The number of hydrogen-bond acceptors (Lipinski definition) is 3. The fraction of sp³-hybridized carbons (Fsp3) is 0.0476. The van der Waals surface area contributed by atoms with E-state index in [1.807, 2.05) is 95.7 Å². The highest BCUT2D eigenvalue weighted by molar-refractivity contribution is 5.54. The van der Waals surface area contributed by atoms with Crippen LogP contribution in [0.4, 0.5) is 0 Å². The Morgan fingerprint density at radius 3 is 2.00 bits per heavy atom. The monoisotopic (exact) mass is 327 g/mol. The third-order valence-electron chi connectivity index (χ3n) is 3.82. The van der Waals surface area contributed by atoms with Crippen molar-refractivity contribution in [3.05, 3.63) is 96.8 Å². The lowest BCUT2D eigenvalue weighted by molar-refractivity contribution is 0.292. The van der Waals surface area contributed by atoms with E-state index in [-0.39, 0.29) is 0 Å². The van der Waals surface area contributed by atoms with E-state index in [0.29, 0.717) is 12.4 Å². The van der Waals surface area contributed by atoms with E-state index >= 15 is 0 Å². The lowest BCUT2D eigenvalue weighted by Gasteiger charge is -2.07. The van der Waals surface area contributed by atoms with Gasteiger partial charge in [0.2, 0.25) is 0 Å². The number of rotatable bonds is 5. The van der Waals surface area contributed by atoms with Gasteiger partial charge in [0.15, 0.2) is 11.6 Å². The number of aromatic nitrogens is 3. The van der Waals surface area contributed by atoms with Crippen molar-refractivity contribution in [1.29, 1.82) is 0 Å². The molecule has 4 rings (SSSR count). The van der Waals surface area contributed by atoms with Gasteiger partial charge in [-0.1, -0.05) is 66.7 Å². The molecule has 0 aliphatic heterocycles. The topological polar surface area (TPSA) is 39.9 Å². The van der Waals surface area contributed by atoms with Crippen molar-refractivity contribution in [2.24, 2.45) is 0 Å². The molecule has 0 unspecified atom stereocenters. The van der Waals surface area contributed by atoms with Crippen LogP contribution in [0.3, 0.4) is 0 Å². The highest BCUT2D eigenvalue weighted by atomic mass is 16.5. The van der Waals surface area contributed by atoms with Crippen LogP contribution in [0.25, 0.3) is 17.1 Å². The molecule has 0 aliphatic rings. The molecular formula is C21H17N3O. The molecule has 4 aromatic rings. The quantitative estimate of drug-likeness (QED) is 0.541. The molecule has 4 heteroatoms. The van der Waals surface area contributed by atoms with Crippen molar-refractivity contribution < 1.29 is 4.74 Å². The molecule has 25 heavy (non-hydrogen) atoms. The summed E-state index contributed by atoms with van der Waals surface area (Å²) in [6.45, 7) is 0.346. The molecule has 0 amide bonds. The molecule has 0 bridgehead atoms. The zero-order valence-corrected chi connectivity index (χ0v) is 13.6. The van der Waals surface area contributed by atoms with Crippen LogP contribution in [0.2, 0.25) is 0 Å². The third kappa shape index (κ3) is 3.43. The molecule has 0 fully saturated rings. The molecule has 0 saturated heterocycles. The van der Waals surface area contributed by atoms with Crippen LogP contribution in [0.15, 0.2) is 91.0 Å². The predicted octanol–water partition coefficient (Wildman–Crippen LogP) is 4.51. The number of para-hydroxylation sites is 2. The molecule has 4 nitrogen and oxygen atoms in total. The van der Waals surface area contributed by atoms with E-state index < -0.39 is 0 Å². The Hall–Kier alpha value is -3.40. The minimum atomic E-state index is 0.346. The van der Waals surface area contributed by atoms with Crippen molar-refractivity contribution in [1.82, 2.24) is 14.8 Å². The van der Waals surface area contributed by atoms with E-state index in [9.17, 15) is 0 Å². The SMILES string of the molecule is c1ccc(OCc2nc(-c3ccccc3)nn2-c2ccccc2)cc1. The Labute approximate surface area is 146 Å². The van der Waals surface area contributed by atoms with Crippen molar-refractivity contribution >= 4 is 0 Å². The molecule has 1 aromatic heterocycles. The van der Waals surface area contributed by atoms with Gasteiger partial charge in [0, 0.05) is 5.56 Å². The maximum atomic E-state index is 5.88. The molecule has 122 valence electrons. The molecule has 0 spiro atoms. The fourth-order valence-electron chi connectivity index (χ4n) is 2.59. The van der Waals surface area contributed by atoms with Crippen molar-refractivity contribution in [2.75, 3.05) is 0 Å². The number of hydrogen-bond donors (Lipinski definition) is 0. The van der Waals surface area contributed by atoms with Gasteiger partial charge in [-0.3, -0.25) is 0 Å². The van der Waals surface area contributed by atoms with Gasteiger partial charge in [0.05, 0.1) is 5.69 Å². The Morgan fingerprint density at radius 2 is 1.32 bits per heavy atom. The molecule has 0 saturated carbocycles. The zero-order valence-electron chi connectivity index (χ0n) is 13.6. The van der Waals surface area contributed by atoms with Gasteiger partial charge in [-0.05, 0) is 24.3 Å². The Morgan fingerprint density at radius 1 is 0.720 bits per heavy atom. The van der Waals surface area contributed by atoms with Crippen LogP contribution in [0, 0.1) is 0 Å². The van der Waals surface area contributed by atoms with Crippen LogP contribution >= 0.6 is 0 Å². The summed E-state index contributed by atoms with van der Waals surface area (Å²) < 4.78 is 7.72. The van der Waals surface area contributed by atoms with E-state index in [4.69, 9.17) is 9.72 Å². The molecule has 3 aromatic carbocycles. The molecule has 0 aliphatic carbocycles. The van der Waals surface area contributed by atoms with Gasteiger partial charge in [-0.25, -0.2) is 9.67 Å². The first kappa shape index (κ1) is 15.1. The van der Waals surface area contributed by atoms with Gasteiger partial charge >= 0.3 is 0 Å². The van der Waals surface area contributed by atoms with Crippen LogP contribution in [-0.4, -0.2) is 14.8 Å². The van der Waals surface area contributed by atoms with E-state index in [1.54, 1.807) is 0 Å². The predicted molar refractivity (Wildman–Crippen MR) is 97.6 cm³/mol. The first-order valence-corrected chi connectivity index (χ1v) is 8.15. The molecule has 0 radical (unpaired) electrons. The van der Waals surface area contributed by atoms with E-state index in [2.05, 4.69) is 5.10 Å². The normalized spacial score (nSPS) is 10.6. The summed E-state index contributed by atoms with van der Waals surface area (Å²) in [5.74, 6) is 2.26. The highest BCUT2D eigenvalue weighted by Gasteiger charge is 2.13. The van der Waals surface area contributed by atoms with E-state index in [0.717, 1.165) is 22.8 Å². The summed E-state index contributed by atoms with van der Waals surface area (Å²) in [6.07, 6.45) is 0. The van der Waals surface area contributed by atoms with Crippen molar-refractivity contribution in [2.45, 2.75) is 6.61 Å². The summed E-state index contributed by atoms with van der Waals surface area (Å²) in [6, 6.07) is 29.7. The summed E-state index contributed by atoms with van der Waals surface area (Å²) in [5.41, 5.74) is 1.95. The Kier molecular flexibility index (Phi) is 4.25. The maximum absolute atomic E-state index is 5.88. The van der Waals surface area contributed by atoms with Gasteiger partial charge in [-0.15, -0.1) is 5.10 Å². The number of benzene rings is 3. The van der Waals surface area contributed by atoms with Gasteiger partial charge in [0.25, 0.3) is 0 Å². The second kappa shape index (κ2) is 7.01. The standard InChI is InChI=1S/C21H17N3O/c1-4-10-17(11-5-1)21-22-20(16-25-19-14-8-3-9-15-19)24(23-21)18-12-6-2-7-13-18/h1-15H,16H2. The average Bonchev–Trinajstić information content (AvgIpc) is 3.13. The minimum absolute atomic E-state index is 0.346. The van der Waals surface area contributed by atoms with Crippen molar-refractivity contribution in [3.8, 4) is 22.8 Å². The molecule has 1 heterocycles. The average molecular weight is 327 g/mol. The number of nitrogens with zero attached hydrogens (tertiary/aromatic N) is 3. The second-order valence-corrected chi connectivity index (χ2v) is 5.57. The van der Waals surface area contributed by atoms with Crippen LogP contribution in [-0.2, 0) is 6.61 Å². The molecular weight excluding hydrogens is 310 g/mol. The first-order valence-electron chi connectivity index (χ1n) is 8.15. The lowest BCUT2D eigenvalue weighted by atomic mass is 10.2. The van der Waals surface area contributed by atoms with Crippen LogP contribution in [0.1, 0.15) is 5.82 Å². The van der Waals surface area contributed by atoms with Crippen LogP contribution in [0.5, 0.6) is 5.75 Å². The van der Waals surface area contributed by atoms with Crippen LogP contribution < -0.4 is 4.74 Å². The molecule has 0 N–H and O–H groups in total. The van der Waals surface area contributed by atoms with Gasteiger partial charge in [-0.2, -0.15) is 0 Å². The lowest BCUT2D eigenvalue weighted by Crippen LogP contribution is -2.06. The van der Waals surface area contributed by atoms with Crippen molar-refractivity contribution in [3.63, 3.8) is 0 Å². The highest BCUT2D eigenvalue weighted by Crippen LogP contribution is 2.19. The van der Waals surface area contributed by atoms with E-state index in [1.165, 1.54) is 0 Å². The first-order chi connectivity index (χ1) is 12.4. The summed E-state index contributed by atoms with van der Waals surface area (Å²) in [7, 11) is 0. The van der Waals surface area contributed by atoms with Gasteiger partial charge in [0.1, 0.15) is 12.4 Å².